The van der Waals surface area contributed by atoms with Crippen LogP contribution in [0.1, 0.15) is 6.42 Å². The van der Waals surface area contributed by atoms with Crippen LogP contribution in [0.4, 0.5) is 18.9 Å². The smallest absolute Gasteiger partial charge is 0.371 e. The zero-order chi connectivity index (χ0) is 15.7. The number of hydrogen-bond donors (Lipinski definition) is 1. The van der Waals surface area contributed by atoms with Gasteiger partial charge in [-0.1, -0.05) is 0 Å². The van der Waals surface area contributed by atoms with Crippen LogP contribution in [-0.2, 0) is 9.84 Å². The lowest BCUT2D eigenvalue weighted by Gasteiger charge is -2.19. The topological polar surface area (TPSA) is 49.4 Å². The van der Waals surface area contributed by atoms with Gasteiger partial charge < -0.3 is 10.2 Å². The van der Waals surface area contributed by atoms with Gasteiger partial charge in [0.1, 0.15) is 0 Å². The largest absolute Gasteiger partial charge is 0.501 e. The number of sulfone groups is 1. The van der Waals surface area contributed by atoms with Crippen LogP contribution >= 0.6 is 0 Å². The number of benzene rings is 1. The molecule has 1 unspecified atom stereocenters. The molecule has 1 saturated heterocycles. The standard InChI is InChI=1S/C13H17F3N2O2S/c1-17-8-10-6-7-18(9-10)11-2-4-12(5-3-11)21(19,20)13(14,15)16/h2-5,10,17H,6-9H2,1H3. The summed E-state index contributed by atoms with van der Waals surface area (Å²) in [5.41, 5.74) is -4.52. The van der Waals surface area contributed by atoms with E-state index < -0.39 is 20.2 Å². The molecule has 0 bridgehead atoms. The summed E-state index contributed by atoms with van der Waals surface area (Å²) in [6.45, 7) is 2.51. The third-order valence-corrected chi connectivity index (χ3v) is 5.10. The van der Waals surface area contributed by atoms with Crippen molar-refractivity contribution in [2.75, 3.05) is 31.6 Å². The number of anilines is 1. The van der Waals surface area contributed by atoms with E-state index >= 15 is 0 Å². The van der Waals surface area contributed by atoms with E-state index in [1.165, 1.54) is 12.1 Å². The van der Waals surface area contributed by atoms with Crippen LogP contribution in [0.25, 0.3) is 0 Å². The van der Waals surface area contributed by atoms with Gasteiger partial charge in [0.25, 0.3) is 9.84 Å². The summed E-state index contributed by atoms with van der Waals surface area (Å²) in [7, 11) is -3.39. The van der Waals surface area contributed by atoms with E-state index in [1.807, 2.05) is 11.9 Å². The van der Waals surface area contributed by atoms with E-state index in [-0.39, 0.29) is 0 Å². The molecule has 0 amide bonds. The molecule has 118 valence electrons. The molecule has 0 aliphatic carbocycles. The second kappa shape index (κ2) is 5.84. The monoisotopic (exact) mass is 322 g/mol. The van der Waals surface area contributed by atoms with Gasteiger partial charge in [0.05, 0.1) is 4.90 Å². The van der Waals surface area contributed by atoms with Gasteiger partial charge in [-0.3, -0.25) is 0 Å². The number of alkyl halides is 3. The maximum absolute atomic E-state index is 12.5. The van der Waals surface area contributed by atoms with Crippen molar-refractivity contribution in [3.8, 4) is 0 Å². The fraction of sp³-hybridized carbons (Fsp3) is 0.538. The van der Waals surface area contributed by atoms with Gasteiger partial charge in [-0.2, -0.15) is 13.2 Å². The molecule has 1 aliphatic rings. The number of hydrogen-bond acceptors (Lipinski definition) is 4. The first-order chi connectivity index (χ1) is 9.75. The molecular formula is C13H17F3N2O2S. The predicted molar refractivity (Wildman–Crippen MR) is 73.9 cm³/mol. The molecule has 1 fully saturated rings. The van der Waals surface area contributed by atoms with Gasteiger partial charge in [0.2, 0.25) is 0 Å². The Balaban J connectivity index is 2.14. The number of halogens is 3. The minimum absolute atomic E-state index is 0.494. The van der Waals surface area contributed by atoms with Crippen molar-refractivity contribution in [2.24, 2.45) is 5.92 Å². The average Bonchev–Trinajstić information content (AvgIpc) is 2.87. The molecule has 1 heterocycles. The summed E-state index contributed by atoms with van der Waals surface area (Å²) in [6, 6.07) is 4.90. The lowest BCUT2D eigenvalue weighted by atomic mass is 10.1. The Kier molecular flexibility index (Phi) is 4.48. The van der Waals surface area contributed by atoms with E-state index in [1.54, 1.807) is 0 Å². The summed E-state index contributed by atoms with van der Waals surface area (Å²) in [4.78, 5) is 1.33. The van der Waals surface area contributed by atoms with Gasteiger partial charge in [0, 0.05) is 18.8 Å². The quantitative estimate of drug-likeness (QED) is 0.921. The summed E-state index contributed by atoms with van der Waals surface area (Å²) < 4.78 is 59.9. The molecule has 4 nitrogen and oxygen atoms in total. The molecule has 1 aromatic carbocycles. The Morgan fingerprint density at radius 2 is 1.90 bits per heavy atom. The first-order valence-corrected chi connectivity index (χ1v) is 8.05. The molecule has 2 rings (SSSR count). The Bertz CT molecular complexity index is 584. The van der Waals surface area contributed by atoms with Crippen LogP contribution in [-0.4, -0.2) is 40.6 Å². The third-order valence-electron chi connectivity index (χ3n) is 3.60. The number of nitrogens with zero attached hydrogens (tertiary/aromatic N) is 1. The van der Waals surface area contributed by atoms with Crippen LogP contribution < -0.4 is 10.2 Å². The van der Waals surface area contributed by atoms with Crippen molar-refractivity contribution in [3.05, 3.63) is 24.3 Å². The van der Waals surface area contributed by atoms with Gasteiger partial charge >= 0.3 is 5.51 Å². The summed E-state index contributed by atoms with van der Waals surface area (Å²) in [5.74, 6) is 0.494. The minimum Gasteiger partial charge on any atom is -0.371 e. The lowest BCUT2D eigenvalue weighted by Crippen LogP contribution is -2.25. The van der Waals surface area contributed by atoms with Crippen LogP contribution in [0.2, 0.25) is 0 Å². The molecule has 0 spiro atoms. The zero-order valence-electron chi connectivity index (χ0n) is 11.5. The Morgan fingerprint density at radius 1 is 1.29 bits per heavy atom. The molecule has 1 aromatic rings. The maximum Gasteiger partial charge on any atom is 0.501 e. The van der Waals surface area contributed by atoms with Gasteiger partial charge in [-0.25, -0.2) is 8.42 Å². The Labute approximate surface area is 121 Å². The van der Waals surface area contributed by atoms with E-state index in [0.717, 1.165) is 43.9 Å². The second-order valence-corrected chi connectivity index (χ2v) is 7.04. The van der Waals surface area contributed by atoms with Gasteiger partial charge in [-0.15, -0.1) is 0 Å². The molecule has 1 N–H and O–H groups in total. The highest BCUT2D eigenvalue weighted by atomic mass is 32.2. The first kappa shape index (κ1) is 16.1. The predicted octanol–water partition coefficient (Wildman–Crippen LogP) is 2.03. The van der Waals surface area contributed by atoms with Gasteiger partial charge in [0.15, 0.2) is 0 Å². The van der Waals surface area contributed by atoms with Crippen LogP contribution in [0.15, 0.2) is 29.2 Å². The fourth-order valence-electron chi connectivity index (χ4n) is 2.49. The summed E-state index contributed by atoms with van der Waals surface area (Å²) in [6.07, 6.45) is 1.00. The first-order valence-electron chi connectivity index (χ1n) is 6.56. The van der Waals surface area contributed by atoms with Gasteiger partial charge in [-0.05, 0) is 50.2 Å². The highest BCUT2D eigenvalue weighted by Crippen LogP contribution is 2.32. The van der Waals surface area contributed by atoms with E-state index in [9.17, 15) is 21.6 Å². The van der Waals surface area contributed by atoms with Crippen molar-refractivity contribution < 1.29 is 21.6 Å². The fourth-order valence-corrected chi connectivity index (χ4v) is 3.25. The molecule has 0 saturated carbocycles. The normalized spacial score (nSPS) is 20.0. The molecule has 8 heteroatoms. The van der Waals surface area contributed by atoms with Crippen molar-refractivity contribution >= 4 is 15.5 Å². The second-order valence-electron chi connectivity index (χ2n) is 5.10. The molecular weight excluding hydrogens is 305 g/mol. The Hall–Kier alpha value is -1.28. The van der Waals surface area contributed by atoms with Crippen LogP contribution in [0, 0.1) is 5.92 Å². The third kappa shape index (κ3) is 3.32. The molecule has 0 aromatic heterocycles. The molecule has 1 atom stereocenters. The van der Waals surface area contributed by atoms with Crippen molar-refractivity contribution in [3.63, 3.8) is 0 Å². The van der Waals surface area contributed by atoms with Crippen LogP contribution in [0.5, 0.6) is 0 Å². The highest BCUT2D eigenvalue weighted by Gasteiger charge is 2.46. The summed E-state index contributed by atoms with van der Waals surface area (Å²) in [5, 5.41) is 3.10. The van der Waals surface area contributed by atoms with E-state index in [4.69, 9.17) is 0 Å². The van der Waals surface area contributed by atoms with Crippen molar-refractivity contribution in [1.82, 2.24) is 5.32 Å². The molecule has 21 heavy (non-hydrogen) atoms. The highest BCUT2D eigenvalue weighted by molar-refractivity contribution is 7.92. The molecule has 0 radical (unpaired) electrons. The summed E-state index contributed by atoms with van der Waals surface area (Å²) >= 11 is 0. The number of nitrogens with one attached hydrogen (secondary N) is 1. The molecule has 1 aliphatic heterocycles. The maximum atomic E-state index is 12.5. The van der Waals surface area contributed by atoms with E-state index in [2.05, 4.69) is 5.32 Å². The van der Waals surface area contributed by atoms with E-state index in [0.29, 0.717) is 5.92 Å². The minimum atomic E-state index is -5.26. The Morgan fingerprint density at radius 3 is 2.43 bits per heavy atom. The van der Waals surface area contributed by atoms with Crippen molar-refractivity contribution in [2.45, 2.75) is 16.8 Å². The number of rotatable bonds is 4. The van der Waals surface area contributed by atoms with Crippen molar-refractivity contribution in [1.29, 1.82) is 0 Å². The zero-order valence-corrected chi connectivity index (χ0v) is 12.3. The SMILES string of the molecule is CNCC1CCN(c2ccc(S(=O)(=O)C(F)(F)F)cc2)C1. The lowest BCUT2D eigenvalue weighted by molar-refractivity contribution is -0.0436. The average molecular weight is 322 g/mol. The van der Waals surface area contributed by atoms with Crippen LogP contribution in [0.3, 0.4) is 0 Å².